The van der Waals surface area contributed by atoms with Crippen LogP contribution in [-0.4, -0.2) is 50.2 Å². The highest BCUT2D eigenvalue weighted by molar-refractivity contribution is 7.90. The van der Waals surface area contributed by atoms with E-state index in [4.69, 9.17) is 5.73 Å². The zero-order valence-corrected chi connectivity index (χ0v) is 19.3. The fourth-order valence-electron chi connectivity index (χ4n) is 6.96. The van der Waals surface area contributed by atoms with Crippen molar-refractivity contribution >= 4 is 27.7 Å². The van der Waals surface area contributed by atoms with Gasteiger partial charge in [-0.2, -0.15) is 12.7 Å². The molecule has 1 aliphatic heterocycles. The predicted molar refractivity (Wildman–Crippen MR) is 121 cm³/mol. The van der Waals surface area contributed by atoms with Crippen LogP contribution >= 0.6 is 0 Å². The molecule has 5 aliphatic rings. The molecule has 0 spiro atoms. The minimum atomic E-state index is -3.77. The highest BCUT2D eigenvalue weighted by Gasteiger charge is 2.58. The van der Waals surface area contributed by atoms with Gasteiger partial charge in [0.25, 0.3) is 0 Å². The van der Waals surface area contributed by atoms with Crippen LogP contribution in [-0.2, 0) is 19.8 Å². The van der Waals surface area contributed by atoms with Crippen LogP contribution in [0.2, 0.25) is 0 Å². The van der Waals surface area contributed by atoms with E-state index in [1.54, 1.807) is 6.07 Å². The maximum atomic E-state index is 13.3. The summed E-state index contributed by atoms with van der Waals surface area (Å²) in [6, 6.07) is 7.41. The third kappa shape index (κ3) is 3.50. The first-order valence-electron chi connectivity index (χ1n) is 11.6. The van der Waals surface area contributed by atoms with Crippen LogP contribution in [0.15, 0.2) is 24.3 Å². The molecule has 0 radical (unpaired) electrons. The van der Waals surface area contributed by atoms with Gasteiger partial charge in [0.05, 0.1) is 12.2 Å². The summed E-state index contributed by atoms with van der Waals surface area (Å²) in [6.07, 6.45) is 5.06. The number of carbonyl (C=O) groups excluding carboxylic acids is 2. The second-order valence-electron chi connectivity index (χ2n) is 10.3. The van der Waals surface area contributed by atoms with Crippen molar-refractivity contribution in [2.24, 2.45) is 28.9 Å². The molecule has 4 bridgehead atoms. The number of benzene rings is 1. The second kappa shape index (κ2) is 7.73. The normalized spacial score (nSPS) is 35.6. The number of rotatable bonds is 5. The molecule has 9 heteroatoms. The molecule has 1 aromatic carbocycles. The highest BCUT2D eigenvalue weighted by Crippen LogP contribution is 2.59. The van der Waals surface area contributed by atoms with Gasteiger partial charge in [-0.05, 0) is 74.8 Å². The Kier molecular flexibility index (Phi) is 5.24. The third-order valence-corrected chi connectivity index (χ3v) is 10.1. The van der Waals surface area contributed by atoms with Crippen LogP contribution in [0, 0.1) is 30.1 Å². The number of carbonyl (C=O) groups is 2. The van der Waals surface area contributed by atoms with Crippen molar-refractivity contribution < 1.29 is 18.0 Å². The van der Waals surface area contributed by atoms with Gasteiger partial charge < -0.3 is 11.1 Å². The minimum Gasteiger partial charge on any atom is -0.369 e. The Bertz CT molecular complexity index is 1030. The van der Waals surface area contributed by atoms with E-state index in [0.29, 0.717) is 31.1 Å². The van der Waals surface area contributed by atoms with E-state index in [9.17, 15) is 18.0 Å². The Hall–Kier alpha value is -2.13. The number of para-hydroxylation sites is 1. The standard InChI is InChI=1S/C23H32N4O4S/c1-15-5-2-3-6-19(15)27-8-4-7-26(32(27,30)31)14-20(28)25-21-17-9-16-10-18(21)13-23(11-16,12-17)22(24)29/h2-3,5-6,16-18,21H,4,7-14H2,1H3,(H2,24,29)(H,25,28). The topological polar surface area (TPSA) is 113 Å². The molecule has 1 heterocycles. The summed E-state index contributed by atoms with van der Waals surface area (Å²) in [6.45, 7) is 2.46. The smallest absolute Gasteiger partial charge is 0.304 e. The van der Waals surface area contributed by atoms with Gasteiger partial charge in [-0.1, -0.05) is 18.2 Å². The monoisotopic (exact) mass is 460 g/mol. The average molecular weight is 461 g/mol. The van der Waals surface area contributed by atoms with Gasteiger partial charge in [-0.25, -0.2) is 0 Å². The van der Waals surface area contributed by atoms with E-state index in [2.05, 4.69) is 5.32 Å². The fourth-order valence-corrected chi connectivity index (χ4v) is 8.70. The lowest BCUT2D eigenvalue weighted by Crippen LogP contribution is -2.63. The van der Waals surface area contributed by atoms with Gasteiger partial charge in [0.15, 0.2) is 0 Å². The summed E-state index contributed by atoms with van der Waals surface area (Å²) in [7, 11) is -3.77. The summed E-state index contributed by atoms with van der Waals surface area (Å²) >= 11 is 0. The van der Waals surface area contributed by atoms with E-state index in [-0.39, 0.29) is 36.2 Å². The van der Waals surface area contributed by atoms with Crippen LogP contribution in [0.3, 0.4) is 0 Å². The number of primary amides is 1. The summed E-state index contributed by atoms with van der Waals surface area (Å²) in [5.74, 6) is 0.555. The van der Waals surface area contributed by atoms with Crippen molar-refractivity contribution in [1.29, 1.82) is 0 Å². The van der Waals surface area contributed by atoms with E-state index < -0.39 is 15.6 Å². The predicted octanol–water partition coefficient (Wildman–Crippen LogP) is 1.55. The average Bonchev–Trinajstić information content (AvgIpc) is 2.72. The van der Waals surface area contributed by atoms with Gasteiger partial charge >= 0.3 is 10.2 Å². The lowest BCUT2D eigenvalue weighted by Gasteiger charge is -2.58. The van der Waals surface area contributed by atoms with Crippen molar-refractivity contribution in [1.82, 2.24) is 9.62 Å². The molecular weight excluding hydrogens is 428 g/mol. The summed E-state index contributed by atoms with van der Waals surface area (Å²) in [4.78, 5) is 25.1. The molecule has 0 aromatic heterocycles. The molecule has 4 saturated carbocycles. The summed E-state index contributed by atoms with van der Waals surface area (Å²) in [5.41, 5.74) is 6.91. The van der Waals surface area contributed by atoms with Gasteiger partial charge in [-0.3, -0.25) is 13.9 Å². The van der Waals surface area contributed by atoms with Crippen LogP contribution in [0.1, 0.15) is 44.1 Å². The Morgan fingerprint density at radius 2 is 1.81 bits per heavy atom. The Morgan fingerprint density at radius 1 is 1.12 bits per heavy atom. The largest absolute Gasteiger partial charge is 0.369 e. The molecule has 8 nitrogen and oxygen atoms in total. The van der Waals surface area contributed by atoms with Crippen molar-refractivity contribution in [3.8, 4) is 0 Å². The van der Waals surface area contributed by atoms with Gasteiger partial charge in [-0.15, -0.1) is 0 Å². The van der Waals surface area contributed by atoms with Gasteiger partial charge in [0, 0.05) is 24.5 Å². The van der Waals surface area contributed by atoms with Crippen LogP contribution in [0.5, 0.6) is 0 Å². The van der Waals surface area contributed by atoms with Crippen molar-refractivity contribution in [2.45, 2.75) is 51.5 Å². The molecule has 2 amide bonds. The van der Waals surface area contributed by atoms with E-state index in [0.717, 1.165) is 37.7 Å². The quantitative estimate of drug-likeness (QED) is 0.694. The molecule has 3 N–H and O–H groups in total. The molecule has 4 aliphatic carbocycles. The van der Waals surface area contributed by atoms with Gasteiger partial charge in [0.2, 0.25) is 11.8 Å². The first-order valence-corrected chi connectivity index (χ1v) is 13.0. The molecule has 5 fully saturated rings. The number of nitrogens with two attached hydrogens (primary N) is 1. The number of aryl methyl sites for hydroxylation is 1. The SMILES string of the molecule is Cc1ccccc1N1CCCN(CC(=O)NC2C3CC4CC2CC(C(N)=O)(C4)C3)S1(=O)=O. The van der Waals surface area contributed by atoms with E-state index in [1.807, 2.05) is 25.1 Å². The minimum absolute atomic E-state index is 0.00601. The Morgan fingerprint density at radius 3 is 2.47 bits per heavy atom. The van der Waals surface area contributed by atoms with Gasteiger partial charge in [0.1, 0.15) is 0 Å². The maximum absolute atomic E-state index is 13.3. The first-order chi connectivity index (χ1) is 15.2. The number of nitrogens with one attached hydrogen (secondary N) is 1. The van der Waals surface area contributed by atoms with E-state index >= 15 is 0 Å². The fraction of sp³-hybridized carbons (Fsp3) is 0.652. The third-order valence-electron chi connectivity index (χ3n) is 8.20. The summed E-state index contributed by atoms with van der Waals surface area (Å²) in [5, 5.41) is 3.15. The summed E-state index contributed by atoms with van der Waals surface area (Å²) < 4.78 is 29.3. The van der Waals surface area contributed by atoms with Crippen LogP contribution in [0.4, 0.5) is 5.69 Å². The number of hydrogen-bond acceptors (Lipinski definition) is 4. The van der Waals surface area contributed by atoms with E-state index in [1.165, 1.54) is 8.61 Å². The van der Waals surface area contributed by atoms with Crippen molar-refractivity contribution in [3.05, 3.63) is 29.8 Å². The molecule has 2 atom stereocenters. The molecule has 174 valence electrons. The molecule has 6 rings (SSSR count). The van der Waals surface area contributed by atoms with Crippen LogP contribution < -0.4 is 15.4 Å². The number of nitrogens with zero attached hydrogens (tertiary/aromatic N) is 2. The Balaban J connectivity index is 1.28. The zero-order chi connectivity index (χ0) is 22.7. The zero-order valence-electron chi connectivity index (χ0n) is 18.5. The molecule has 1 aromatic rings. The Labute approximate surface area is 189 Å². The second-order valence-corrected chi connectivity index (χ2v) is 12.1. The molecule has 1 saturated heterocycles. The molecule has 32 heavy (non-hydrogen) atoms. The van der Waals surface area contributed by atoms with Crippen molar-refractivity contribution in [3.63, 3.8) is 0 Å². The van der Waals surface area contributed by atoms with Crippen LogP contribution in [0.25, 0.3) is 0 Å². The number of amides is 2. The number of hydrogen-bond donors (Lipinski definition) is 2. The highest BCUT2D eigenvalue weighted by atomic mass is 32.2. The molecular formula is C23H32N4O4S. The van der Waals surface area contributed by atoms with Crippen molar-refractivity contribution in [2.75, 3.05) is 23.9 Å². The first kappa shape index (κ1) is 21.7. The maximum Gasteiger partial charge on any atom is 0.304 e. The molecule has 2 unspecified atom stereocenters. The lowest BCUT2D eigenvalue weighted by molar-refractivity contribution is -0.147. The number of anilines is 1. The lowest BCUT2D eigenvalue weighted by atomic mass is 9.47.